The first kappa shape index (κ1) is 12.7. The molecule has 1 aromatic rings. The molecule has 1 aromatic carbocycles. The first-order valence-electron chi connectivity index (χ1n) is 7.84. The van der Waals surface area contributed by atoms with Gasteiger partial charge in [0.15, 0.2) is 0 Å². The first-order chi connectivity index (χ1) is 9.63. The Hall–Kier alpha value is -1.06. The number of phenolic OH excluding ortho intramolecular Hbond substituents is 1. The molecule has 2 fully saturated rings. The van der Waals surface area contributed by atoms with E-state index in [0.29, 0.717) is 12.0 Å². The number of aromatic hydroxyl groups is 1. The quantitative estimate of drug-likeness (QED) is 0.763. The van der Waals surface area contributed by atoms with Crippen molar-refractivity contribution in [3.05, 3.63) is 29.3 Å². The summed E-state index contributed by atoms with van der Waals surface area (Å²) in [6.45, 7) is 1.13. The molecule has 0 aromatic heterocycles. The highest BCUT2D eigenvalue weighted by Crippen LogP contribution is 2.58. The van der Waals surface area contributed by atoms with E-state index in [9.17, 15) is 10.2 Å². The van der Waals surface area contributed by atoms with Crippen molar-refractivity contribution in [3.63, 3.8) is 0 Å². The first-order valence-corrected chi connectivity index (χ1v) is 7.84. The van der Waals surface area contributed by atoms with Crippen LogP contribution < -0.4 is 0 Å². The average Bonchev–Trinajstić information content (AvgIpc) is 2.43. The minimum atomic E-state index is -0.503. The Morgan fingerprint density at radius 2 is 2.15 bits per heavy atom. The Morgan fingerprint density at radius 1 is 1.30 bits per heavy atom. The van der Waals surface area contributed by atoms with E-state index in [1.165, 1.54) is 24.8 Å². The molecule has 3 heteroatoms. The lowest BCUT2D eigenvalue weighted by atomic mass is 9.52. The van der Waals surface area contributed by atoms with Gasteiger partial charge in [0.05, 0.1) is 6.10 Å². The van der Waals surface area contributed by atoms with Crippen molar-refractivity contribution < 1.29 is 10.2 Å². The lowest BCUT2D eigenvalue weighted by Gasteiger charge is -2.59. The zero-order valence-corrected chi connectivity index (χ0v) is 12.0. The standard InChI is InChI=1S/C17H23NO2/c1-18-9-8-17-7-3-5-13(18)12(17)10-15(20)16-11(17)4-2-6-14(16)19/h2,4,6,12-13,15,19-20H,3,5,7-10H2,1H3/t12-,13+,15-,17+/m1/s1. The maximum atomic E-state index is 10.5. The smallest absolute Gasteiger partial charge is 0.121 e. The van der Waals surface area contributed by atoms with Gasteiger partial charge in [-0.25, -0.2) is 0 Å². The second-order valence-electron chi connectivity index (χ2n) is 6.94. The van der Waals surface area contributed by atoms with Crippen molar-refractivity contribution in [2.45, 2.75) is 49.7 Å². The van der Waals surface area contributed by atoms with Crippen molar-refractivity contribution in [2.24, 2.45) is 5.92 Å². The predicted octanol–water partition coefficient (Wildman–Crippen LogP) is 2.57. The molecule has 1 aliphatic heterocycles. The molecule has 108 valence electrons. The Morgan fingerprint density at radius 3 is 3.00 bits per heavy atom. The van der Waals surface area contributed by atoms with E-state index in [2.05, 4.69) is 18.0 Å². The summed E-state index contributed by atoms with van der Waals surface area (Å²) in [6, 6.07) is 6.41. The Balaban J connectivity index is 1.91. The van der Waals surface area contributed by atoms with Gasteiger partial charge in [0.1, 0.15) is 5.75 Å². The molecule has 3 nitrogen and oxygen atoms in total. The molecule has 1 saturated heterocycles. The third-order valence-electron chi connectivity index (χ3n) is 6.20. The van der Waals surface area contributed by atoms with Gasteiger partial charge in [0, 0.05) is 17.0 Å². The summed E-state index contributed by atoms with van der Waals surface area (Å²) in [5, 5.41) is 20.7. The molecule has 3 aliphatic rings. The fourth-order valence-electron chi connectivity index (χ4n) is 5.31. The molecule has 0 unspecified atom stereocenters. The minimum absolute atomic E-state index is 0.197. The molecule has 0 spiro atoms. The average molecular weight is 273 g/mol. The Bertz CT molecular complexity index is 544. The summed E-state index contributed by atoms with van der Waals surface area (Å²) in [4.78, 5) is 2.49. The summed E-state index contributed by atoms with van der Waals surface area (Å²) in [6.07, 6.45) is 5.19. The van der Waals surface area contributed by atoms with Gasteiger partial charge in [-0.1, -0.05) is 18.6 Å². The zero-order chi connectivity index (χ0) is 13.9. The van der Waals surface area contributed by atoms with Crippen molar-refractivity contribution in [1.82, 2.24) is 4.90 Å². The summed E-state index contributed by atoms with van der Waals surface area (Å²) in [5.41, 5.74) is 2.25. The third-order valence-corrected chi connectivity index (χ3v) is 6.20. The van der Waals surface area contributed by atoms with E-state index in [1.807, 2.05) is 6.07 Å². The largest absolute Gasteiger partial charge is 0.508 e. The Kier molecular flexibility index (Phi) is 2.67. The van der Waals surface area contributed by atoms with E-state index in [4.69, 9.17) is 0 Å². The van der Waals surface area contributed by atoms with Crippen LogP contribution in [0.1, 0.15) is 49.3 Å². The van der Waals surface area contributed by atoms with E-state index in [0.717, 1.165) is 24.9 Å². The number of hydrogen-bond acceptors (Lipinski definition) is 3. The van der Waals surface area contributed by atoms with Crippen LogP contribution >= 0.6 is 0 Å². The number of rotatable bonds is 0. The van der Waals surface area contributed by atoms with E-state index >= 15 is 0 Å². The zero-order valence-electron chi connectivity index (χ0n) is 12.0. The molecule has 20 heavy (non-hydrogen) atoms. The molecule has 2 bridgehead atoms. The number of hydrogen-bond donors (Lipinski definition) is 2. The molecule has 1 saturated carbocycles. The third kappa shape index (κ3) is 1.48. The van der Waals surface area contributed by atoms with Crippen LogP contribution in [0.25, 0.3) is 0 Å². The van der Waals surface area contributed by atoms with Gasteiger partial charge in [-0.05, 0) is 56.8 Å². The van der Waals surface area contributed by atoms with Crippen molar-refractivity contribution in [1.29, 1.82) is 0 Å². The van der Waals surface area contributed by atoms with Crippen molar-refractivity contribution in [2.75, 3.05) is 13.6 Å². The summed E-state index contributed by atoms with van der Waals surface area (Å²) < 4.78 is 0. The highest BCUT2D eigenvalue weighted by molar-refractivity contribution is 5.48. The molecule has 4 atom stereocenters. The van der Waals surface area contributed by atoms with Crippen LogP contribution in [0.5, 0.6) is 5.75 Å². The van der Waals surface area contributed by atoms with Crippen molar-refractivity contribution >= 4 is 0 Å². The molecule has 1 heterocycles. The highest BCUT2D eigenvalue weighted by atomic mass is 16.3. The van der Waals surface area contributed by atoms with Gasteiger partial charge in [-0.15, -0.1) is 0 Å². The van der Waals surface area contributed by atoms with Gasteiger partial charge >= 0.3 is 0 Å². The van der Waals surface area contributed by atoms with Crippen LogP contribution in [0, 0.1) is 5.92 Å². The van der Waals surface area contributed by atoms with Gasteiger partial charge in [0.2, 0.25) is 0 Å². The van der Waals surface area contributed by atoms with Crippen LogP contribution in [0.4, 0.5) is 0 Å². The molecule has 2 N–H and O–H groups in total. The SMILES string of the molecule is CN1CC[C@]23CCC[C@H]1[C@H]2C[C@@H](O)c1c(O)cccc13. The number of aliphatic hydroxyl groups excluding tert-OH is 1. The van der Waals surface area contributed by atoms with Crippen molar-refractivity contribution in [3.8, 4) is 5.75 Å². The van der Waals surface area contributed by atoms with E-state index in [1.54, 1.807) is 6.07 Å². The normalized spacial score (nSPS) is 40.0. The van der Waals surface area contributed by atoms with Crippen LogP contribution in [-0.2, 0) is 5.41 Å². The van der Waals surface area contributed by atoms with Crippen LogP contribution in [0.3, 0.4) is 0 Å². The summed E-state index contributed by atoms with van der Waals surface area (Å²) >= 11 is 0. The lowest BCUT2D eigenvalue weighted by Crippen LogP contribution is -2.59. The van der Waals surface area contributed by atoms with Gasteiger partial charge in [0.25, 0.3) is 0 Å². The number of piperidine rings is 1. The van der Waals surface area contributed by atoms with Crippen LogP contribution in [-0.4, -0.2) is 34.7 Å². The Labute approximate surface area is 120 Å². The maximum Gasteiger partial charge on any atom is 0.121 e. The monoisotopic (exact) mass is 273 g/mol. The second kappa shape index (κ2) is 4.22. The fraction of sp³-hybridized carbons (Fsp3) is 0.647. The van der Waals surface area contributed by atoms with Crippen LogP contribution in [0.2, 0.25) is 0 Å². The van der Waals surface area contributed by atoms with E-state index in [-0.39, 0.29) is 11.2 Å². The topological polar surface area (TPSA) is 43.7 Å². The summed E-state index contributed by atoms with van der Waals surface area (Å²) in [7, 11) is 2.23. The second-order valence-corrected chi connectivity index (χ2v) is 6.94. The number of fused-ring (bicyclic) bond motifs is 1. The lowest BCUT2D eigenvalue weighted by molar-refractivity contribution is -0.0378. The highest BCUT2D eigenvalue weighted by Gasteiger charge is 2.54. The van der Waals surface area contributed by atoms with Gasteiger partial charge < -0.3 is 15.1 Å². The van der Waals surface area contributed by atoms with Gasteiger partial charge in [-0.2, -0.15) is 0 Å². The number of aliphatic hydroxyl groups is 1. The number of benzene rings is 1. The molecule has 0 radical (unpaired) electrons. The summed E-state index contributed by atoms with van der Waals surface area (Å²) in [5.74, 6) is 0.822. The van der Waals surface area contributed by atoms with Crippen LogP contribution in [0.15, 0.2) is 18.2 Å². The fourth-order valence-corrected chi connectivity index (χ4v) is 5.31. The minimum Gasteiger partial charge on any atom is -0.508 e. The number of nitrogens with zero attached hydrogens (tertiary/aromatic N) is 1. The molecule has 4 rings (SSSR count). The number of phenols is 1. The van der Waals surface area contributed by atoms with E-state index < -0.39 is 6.10 Å². The maximum absolute atomic E-state index is 10.5. The van der Waals surface area contributed by atoms with Gasteiger partial charge in [-0.3, -0.25) is 0 Å². The molecular formula is C17H23NO2. The molecular weight excluding hydrogens is 250 g/mol. The molecule has 0 amide bonds. The predicted molar refractivity (Wildman–Crippen MR) is 77.7 cm³/mol. The number of likely N-dealkylation sites (tertiary alicyclic amines) is 1. The molecule has 2 aliphatic carbocycles.